The van der Waals surface area contributed by atoms with Gasteiger partial charge in [-0.15, -0.1) is 29.3 Å². The molecule has 0 bridgehead atoms. The Morgan fingerprint density at radius 2 is 1.31 bits per heavy atom. The summed E-state index contributed by atoms with van der Waals surface area (Å²) >= 11 is 0. The van der Waals surface area contributed by atoms with Crippen molar-refractivity contribution in [3.05, 3.63) is 139 Å². The van der Waals surface area contributed by atoms with Gasteiger partial charge in [-0.25, -0.2) is 4.98 Å². The van der Waals surface area contributed by atoms with Crippen LogP contribution in [0.3, 0.4) is 0 Å². The van der Waals surface area contributed by atoms with Crippen molar-refractivity contribution in [2.45, 2.75) is 78.6 Å². The van der Waals surface area contributed by atoms with Gasteiger partial charge in [0, 0.05) is 38.6 Å². The van der Waals surface area contributed by atoms with Crippen LogP contribution in [0.25, 0.3) is 56.1 Å². The van der Waals surface area contributed by atoms with Gasteiger partial charge in [0.25, 0.3) is 0 Å². The fourth-order valence-electron chi connectivity index (χ4n) is 6.21. The molecular formula is C46H48N3OPt-. The van der Waals surface area contributed by atoms with E-state index in [2.05, 4.69) is 135 Å². The molecule has 2 heterocycles. The first kappa shape index (κ1) is 37.7. The molecule has 0 unspecified atom stereocenters. The number of phenols is 1. The Morgan fingerprint density at radius 3 is 1.92 bits per heavy atom. The van der Waals surface area contributed by atoms with E-state index in [-0.39, 0.29) is 43.1 Å². The molecule has 4 aromatic carbocycles. The van der Waals surface area contributed by atoms with Crippen LogP contribution < -0.4 is 0 Å². The molecule has 0 amide bonds. The van der Waals surface area contributed by atoms with Crippen LogP contribution in [0.1, 0.15) is 84.6 Å². The molecule has 51 heavy (non-hydrogen) atoms. The minimum absolute atomic E-state index is 0. The van der Waals surface area contributed by atoms with Gasteiger partial charge in [0.1, 0.15) is 11.6 Å². The Kier molecular flexibility index (Phi) is 10.3. The third-order valence-electron chi connectivity index (χ3n) is 9.42. The maximum Gasteiger partial charge on any atom is 0.148 e. The van der Waals surface area contributed by atoms with E-state index in [0.29, 0.717) is 11.4 Å². The normalized spacial score (nSPS) is 12.1. The average molecular weight is 854 g/mol. The molecular weight excluding hydrogens is 806 g/mol. The molecule has 4 nitrogen and oxygen atoms in total. The van der Waals surface area contributed by atoms with Crippen LogP contribution in [0.15, 0.2) is 110 Å². The van der Waals surface area contributed by atoms with Gasteiger partial charge < -0.3 is 5.11 Å². The first-order chi connectivity index (χ1) is 23.5. The molecule has 0 saturated heterocycles. The second-order valence-corrected chi connectivity index (χ2v) is 16.3. The number of aromatic nitrogens is 3. The minimum atomic E-state index is -0.133. The Labute approximate surface area is 318 Å². The predicted molar refractivity (Wildman–Crippen MR) is 211 cm³/mol. The summed E-state index contributed by atoms with van der Waals surface area (Å²) < 4.78 is 2.21. The van der Waals surface area contributed by atoms with E-state index < -0.39 is 0 Å². The van der Waals surface area contributed by atoms with Crippen molar-refractivity contribution in [2.24, 2.45) is 0 Å². The maximum absolute atomic E-state index is 11.2. The number of benzene rings is 4. The van der Waals surface area contributed by atoms with Crippen LogP contribution in [0, 0.1) is 6.07 Å². The predicted octanol–water partition coefficient (Wildman–Crippen LogP) is 12.0. The number of rotatable bonds is 6. The number of pyridine rings is 1. The molecule has 0 aliphatic rings. The summed E-state index contributed by atoms with van der Waals surface area (Å²) in [6, 6.07) is 32.8. The zero-order valence-corrected chi connectivity index (χ0v) is 33.5. The smallest absolute Gasteiger partial charge is 0.148 e. The van der Waals surface area contributed by atoms with Crippen LogP contribution in [0.4, 0.5) is 0 Å². The summed E-state index contributed by atoms with van der Waals surface area (Å²) in [5.41, 5.74) is 12.3. The average Bonchev–Trinajstić information content (AvgIpc) is 3.46. The van der Waals surface area contributed by atoms with E-state index in [1.165, 1.54) is 16.7 Å². The standard InChI is InChI=1S/C46H48N3O.Pt/c1-12-29(2)30-20-21-47-39(25-30)32-22-31(23-33(24-32)44(3,4)5)37-17-15-18-40-42(37)48-43(38-16-13-14-19-41(38)50)49(40)36-27-34(45(6,7)8)26-35(28-36)46(9,10)11;/h12-21,23-28,50H,1-2H2,3-11H3;/q-1;. The Morgan fingerprint density at radius 1 is 0.725 bits per heavy atom. The maximum atomic E-state index is 11.2. The first-order valence-electron chi connectivity index (χ1n) is 17.3. The Hall–Kier alpha value is -4.53. The van der Waals surface area contributed by atoms with Crippen molar-refractivity contribution < 1.29 is 26.2 Å². The van der Waals surface area contributed by atoms with Gasteiger partial charge in [-0.1, -0.05) is 129 Å². The van der Waals surface area contributed by atoms with Gasteiger partial charge in [-0.05, 0) is 74.9 Å². The molecule has 0 atom stereocenters. The van der Waals surface area contributed by atoms with Crippen LogP contribution in [0.2, 0.25) is 0 Å². The molecule has 2 aromatic heterocycles. The van der Waals surface area contributed by atoms with E-state index in [0.717, 1.165) is 50.2 Å². The summed E-state index contributed by atoms with van der Waals surface area (Å²) in [5.74, 6) is 0.866. The molecule has 5 heteroatoms. The van der Waals surface area contributed by atoms with Crippen molar-refractivity contribution in [2.75, 3.05) is 0 Å². The Balaban J connectivity index is 0.00000504. The van der Waals surface area contributed by atoms with E-state index in [4.69, 9.17) is 9.97 Å². The molecule has 0 fully saturated rings. The number of nitrogens with zero attached hydrogens (tertiary/aromatic N) is 3. The summed E-state index contributed by atoms with van der Waals surface area (Å²) in [6.45, 7) is 28.2. The molecule has 0 aliphatic heterocycles. The Bertz CT molecular complexity index is 2240. The van der Waals surface area contributed by atoms with Crippen molar-refractivity contribution in [1.29, 1.82) is 0 Å². The summed E-state index contributed by atoms with van der Waals surface area (Å²) in [5, 5.41) is 11.2. The quantitative estimate of drug-likeness (QED) is 0.134. The van der Waals surface area contributed by atoms with Gasteiger partial charge in [-0.3, -0.25) is 9.55 Å². The molecule has 0 aliphatic carbocycles. The summed E-state index contributed by atoms with van der Waals surface area (Å²) in [6.07, 6.45) is 3.58. The second kappa shape index (κ2) is 13.9. The van der Waals surface area contributed by atoms with Crippen LogP contribution >= 0.6 is 0 Å². The van der Waals surface area contributed by atoms with Crippen molar-refractivity contribution in [3.8, 4) is 45.2 Å². The molecule has 264 valence electrons. The zero-order valence-electron chi connectivity index (χ0n) is 31.3. The van der Waals surface area contributed by atoms with Gasteiger partial charge in [0.15, 0.2) is 0 Å². The minimum Gasteiger partial charge on any atom is -0.507 e. The molecule has 0 spiro atoms. The third kappa shape index (κ3) is 7.58. The number of hydrogen-bond acceptors (Lipinski definition) is 3. The summed E-state index contributed by atoms with van der Waals surface area (Å²) in [4.78, 5) is 10.1. The number of aromatic hydroxyl groups is 1. The van der Waals surface area contributed by atoms with Crippen molar-refractivity contribution in [1.82, 2.24) is 14.5 Å². The van der Waals surface area contributed by atoms with Gasteiger partial charge in [0.05, 0.1) is 16.6 Å². The largest absolute Gasteiger partial charge is 0.507 e. The van der Waals surface area contributed by atoms with Gasteiger partial charge >= 0.3 is 0 Å². The fourth-order valence-corrected chi connectivity index (χ4v) is 6.21. The van der Waals surface area contributed by atoms with E-state index in [1.807, 2.05) is 36.5 Å². The number of imidazole rings is 1. The van der Waals surface area contributed by atoms with Gasteiger partial charge in [-0.2, -0.15) is 0 Å². The third-order valence-corrected chi connectivity index (χ3v) is 9.42. The zero-order chi connectivity index (χ0) is 36.2. The second-order valence-electron chi connectivity index (χ2n) is 16.3. The van der Waals surface area contributed by atoms with Crippen molar-refractivity contribution in [3.63, 3.8) is 0 Å². The number of phenolic OH excluding ortho intramolecular Hbond substituents is 1. The first-order valence-corrected chi connectivity index (χ1v) is 17.3. The number of fused-ring (bicyclic) bond motifs is 1. The molecule has 0 radical (unpaired) electrons. The summed E-state index contributed by atoms with van der Waals surface area (Å²) in [7, 11) is 0. The SMILES string of the molecule is C=CC(=C)c1ccnc(-c2[c-]c(-c3cccc4c3nc(-c3ccccc3O)n4-c3cc(C(C)(C)C)cc(C(C)(C)C)c3)cc(C(C)(C)C)c2)c1.[Pt]. The van der Waals surface area contributed by atoms with E-state index in [1.54, 1.807) is 12.1 Å². The monoisotopic (exact) mass is 853 g/mol. The molecule has 6 aromatic rings. The number of hydrogen-bond donors (Lipinski definition) is 1. The topological polar surface area (TPSA) is 50.9 Å². The van der Waals surface area contributed by atoms with Crippen molar-refractivity contribution >= 4 is 16.6 Å². The molecule has 0 saturated carbocycles. The van der Waals surface area contributed by atoms with E-state index in [9.17, 15) is 5.11 Å². The van der Waals surface area contributed by atoms with Crippen LogP contribution in [-0.2, 0) is 37.3 Å². The molecule has 6 rings (SSSR count). The number of allylic oxidation sites excluding steroid dienone is 2. The fraction of sp³-hybridized carbons (Fsp3) is 0.261. The van der Waals surface area contributed by atoms with Crippen LogP contribution in [-0.4, -0.2) is 19.6 Å². The van der Waals surface area contributed by atoms with Gasteiger partial charge in [0.2, 0.25) is 0 Å². The number of para-hydroxylation sites is 2. The van der Waals surface area contributed by atoms with Crippen LogP contribution in [0.5, 0.6) is 5.75 Å². The van der Waals surface area contributed by atoms with E-state index >= 15 is 0 Å². The molecule has 1 N–H and O–H groups in total.